The monoisotopic (exact) mass is 278 g/mol. The Balaban J connectivity index is 0.00000289. The van der Waals surface area contributed by atoms with Crippen molar-refractivity contribution in [2.45, 2.75) is 25.9 Å². The van der Waals surface area contributed by atoms with E-state index in [1.54, 1.807) is 14.0 Å². The smallest absolute Gasteiger partial charge is 0.239 e. The molecule has 3 nitrogen and oxygen atoms in total. The molecular weight excluding hydrogens is 262 g/mol. The first-order valence-corrected chi connectivity index (χ1v) is 5.40. The Morgan fingerprint density at radius 2 is 2.06 bits per heavy atom. The van der Waals surface area contributed by atoms with Crippen LogP contribution in [0, 0.1) is 11.6 Å². The molecule has 0 unspecified atom stereocenters. The average Bonchev–Trinajstić information content (AvgIpc) is 2.30. The summed E-state index contributed by atoms with van der Waals surface area (Å²) in [5.41, 5.74) is 5.86. The number of hydrogen-bond acceptors (Lipinski definition) is 2. The first kappa shape index (κ1) is 16.8. The Kier molecular flexibility index (Phi) is 6.80. The topological polar surface area (TPSA) is 46.3 Å². The first-order valence-electron chi connectivity index (χ1n) is 5.40. The molecule has 1 atom stereocenters. The van der Waals surface area contributed by atoms with Gasteiger partial charge in [0.15, 0.2) is 0 Å². The highest BCUT2D eigenvalue weighted by molar-refractivity contribution is 5.85. The summed E-state index contributed by atoms with van der Waals surface area (Å²) >= 11 is 0. The molecule has 18 heavy (non-hydrogen) atoms. The molecule has 1 amide bonds. The van der Waals surface area contributed by atoms with Crippen LogP contribution in [-0.2, 0) is 11.3 Å². The summed E-state index contributed by atoms with van der Waals surface area (Å²) in [5.74, 6) is -1.54. The van der Waals surface area contributed by atoms with Gasteiger partial charge in [0.2, 0.25) is 5.91 Å². The summed E-state index contributed by atoms with van der Waals surface area (Å²) in [5, 5.41) is 0. The van der Waals surface area contributed by atoms with Gasteiger partial charge in [-0.25, -0.2) is 8.78 Å². The van der Waals surface area contributed by atoms with Crippen molar-refractivity contribution in [3.8, 4) is 0 Å². The third-order valence-electron chi connectivity index (χ3n) is 2.56. The maximum absolute atomic E-state index is 13.3. The number of rotatable bonds is 4. The highest BCUT2D eigenvalue weighted by Crippen LogP contribution is 2.12. The fourth-order valence-corrected chi connectivity index (χ4v) is 1.44. The van der Waals surface area contributed by atoms with Gasteiger partial charge in [-0.05, 0) is 12.5 Å². The fraction of sp³-hybridized carbons (Fsp3) is 0.417. The normalized spacial score (nSPS) is 11.6. The number of carbonyl (C=O) groups is 1. The number of nitrogens with two attached hydrogens (primary N) is 1. The highest BCUT2D eigenvalue weighted by atomic mass is 35.5. The SMILES string of the molecule is CC[C@H](N)C(=O)N(C)Cc1ccc(F)cc1F.Cl. The van der Waals surface area contributed by atoms with Gasteiger partial charge in [0.05, 0.1) is 6.04 Å². The van der Waals surface area contributed by atoms with Crippen LogP contribution in [0.4, 0.5) is 8.78 Å². The second kappa shape index (κ2) is 7.28. The Morgan fingerprint density at radius 1 is 1.44 bits per heavy atom. The van der Waals surface area contributed by atoms with E-state index in [0.29, 0.717) is 6.42 Å². The van der Waals surface area contributed by atoms with E-state index in [1.165, 1.54) is 11.0 Å². The number of nitrogens with zero attached hydrogens (tertiary/aromatic N) is 1. The molecule has 0 saturated carbocycles. The van der Waals surface area contributed by atoms with Gasteiger partial charge in [-0.1, -0.05) is 13.0 Å². The van der Waals surface area contributed by atoms with E-state index in [0.717, 1.165) is 12.1 Å². The van der Waals surface area contributed by atoms with Gasteiger partial charge in [0.25, 0.3) is 0 Å². The largest absolute Gasteiger partial charge is 0.340 e. The summed E-state index contributed by atoms with van der Waals surface area (Å²) in [4.78, 5) is 13.0. The van der Waals surface area contributed by atoms with Crippen LogP contribution >= 0.6 is 12.4 Å². The van der Waals surface area contributed by atoms with E-state index in [1.807, 2.05) is 0 Å². The number of likely N-dealkylation sites (N-methyl/N-ethyl adjacent to an activating group) is 1. The molecule has 0 heterocycles. The zero-order valence-electron chi connectivity index (χ0n) is 10.3. The fourth-order valence-electron chi connectivity index (χ4n) is 1.44. The molecule has 1 aromatic rings. The molecule has 0 fully saturated rings. The molecule has 0 aromatic heterocycles. The van der Waals surface area contributed by atoms with Crippen LogP contribution < -0.4 is 5.73 Å². The van der Waals surface area contributed by atoms with E-state index in [-0.39, 0.29) is 30.4 Å². The minimum Gasteiger partial charge on any atom is -0.340 e. The number of amides is 1. The molecule has 0 aliphatic heterocycles. The van der Waals surface area contributed by atoms with E-state index < -0.39 is 17.7 Å². The van der Waals surface area contributed by atoms with Crippen molar-refractivity contribution >= 4 is 18.3 Å². The predicted molar refractivity (Wildman–Crippen MR) is 68.3 cm³/mol. The van der Waals surface area contributed by atoms with Crippen LogP contribution in [0.2, 0.25) is 0 Å². The van der Waals surface area contributed by atoms with Crippen molar-refractivity contribution in [1.29, 1.82) is 0 Å². The Morgan fingerprint density at radius 3 is 2.56 bits per heavy atom. The van der Waals surface area contributed by atoms with Crippen molar-refractivity contribution in [3.05, 3.63) is 35.4 Å². The second-order valence-electron chi connectivity index (χ2n) is 3.94. The molecule has 102 valence electrons. The molecule has 1 rings (SSSR count). The molecular formula is C12H17ClF2N2O. The van der Waals surface area contributed by atoms with Gasteiger partial charge in [-0.15, -0.1) is 12.4 Å². The van der Waals surface area contributed by atoms with E-state index in [9.17, 15) is 13.6 Å². The molecule has 2 N–H and O–H groups in total. The molecule has 0 spiro atoms. The maximum Gasteiger partial charge on any atom is 0.239 e. The molecule has 0 radical (unpaired) electrons. The minimum atomic E-state index is -0.658. The van der Waals surface area contributed by atoms with Crippen LogP contribution in [0.25, 0.3) is 0 Å². The lowest BCUT2D eigenvalue weighted by atomic mass is 10.1. The third kappa shape index (κ3) is 4.23. The molecule has 0 saturated heterocycles. The standard InChI is InChI=1S/C12H16F2N2O.ClH/c1-3-11(15)12(17)16(2)7-8-4-5-9(13)6-10(8)14;/h4-6,11H,3,7,15H2,1-2H3;1H/t11-;/m0./s1. The summed E-state index contributed by atoms with van der Waals surface area (Å²) in [6.07, 6.45) is 0.523. The van der Waals surface area contributed by atoms with Crippen molar-refractivity contribution in [3.63, 3.8) is 0 Å². The lowest BCUT2D eigenvalue weighted by Gasteiger charge is -2.20. The maximum atomic E-state index is 13.3. The van der Waals surface area contributed by atoms with Gasteiger partial charge in [-0.3, -0.25) is 4.79 Å². The highest BCUT2D eigenvalue weighted by Gasteiger charge is 2.17. The molecule has 0 aliphatic carbocycles. The molecule has 0 bridgehead atoms. The average molecular weight is 279 g/mol. The summed E-state index contributed by atoms with van der Waals surface area (Å²) in [6.45, 7) is 1.88. The van der Waals surface area contributed by atoms with Gasteiger partial charge in [0.1, 0.15) is 11.6 Å². The van der Waals surface area contributed by atoms with Crippen molar-refractivity contribution in [1.82, 2.24) is 4.90 Å². The lowest BCUT2D eigenvalue weighted by Crippen LogP contribution is -2.41. The number of hydrogen-bond donors (Lipinski definition) is 1. The van der Waals surface area contributed by atoms with E-state index in [2.05, 4.69) is 0 Å². The lowest BCUT2D eigenvalue weighted by molar-refractivity contribution is -0.131. The first-order chi connectivity index (χ1) is 7.95. The van der Waals surface area contributed by atoms with Crippen molar-refractivity contribution < 1.29 is 13.6 Å². The third-order valence-corrected chi connectivity index (χ3v) is 2.56. The number of benzene rings is 1. The van der Waals surface area contributed by atoms with Crippen LogP contribution in [0.5, 0.6) is 0 Å². The summed E-state index contributed by atoms with van der Waals surface area (Å²) in [7, 11) is 1.54. The quantitative estimate of drug-likeness (QED) is 0.917. The molecule has 1 aromatic carbocycles. The number of carbonyl (C=O) groups excluding carboxylic acids is 1. The second-order valence-corrected chi connectivity index (χ2v) is 3.94. The van der Waals surface area contributed by atoms with Crippen LogP contribution in [0.1, 0.15) is 18.9 Å². The Labute approximate surface area is 111 Å². The van der Waals surface area contributed by atoms with Gasteiger partial charge < -0.3 is 10.6 Å². The van der Waals surface area contributed by atoms with E-state index in [4.69, 9.17) is 5.73 Å². The van der Waals surface area contributed by atoms with Gasteiger partial charge in [-0.2, -0.15) is 0 Å². The van der Waals surface area contributed by atoms with Gasteiger partial charge in [0, 0.05) is 25.2 Å². The number of halogens is 3. The van der Waals surface area contributed by atoms with Crippen LogP contribution in [-0.4, -0.2) is 23.9 Å². The van der Waals surface area contributed by atoms with E-state index >= 15 is 0 Å². The van der Waals surface area contributed by atoms with Crippen molar-refractivity contribution in [2.75, 3.05) is 7.05 Å². The molecule has 6 heteroatoms. The zero-order valence-corrected chi connectivity index (χ0v) is 11.1. The zero-order chi connectivity index (χ0) is 13.0. The predicted octanol–water partition coefficient (Wildman–Crippen LogP) is 2.08. The Hall–Kier alpha value is -1.20. The van der Waals surface area contributed by atoms with Crippen LogP contribution in [0.3, 0.4) is 0 Å². The van der Waals surface area contributed by atoms with Crippen molar-refractivity contribution in [2.24, 2.45) is 5.73 Å². The Bertz CT molecular complexity index is 415. The van der Waals surface area contributed by atoms with Gasteiger partial charge >= 0.3 is 0 Å². The minimum absolute atomic E-state index is 0. The summed E-state index contributed by atoms with van der Waals surface area (Å²) in [6, 6.07) is 2.71. The van der Waals surface area contributed by atoms with Crippen LogP contribution in [0.15, 0.2) is 18.2 Å². The summed E-state index contributed by atoms with van der Waals surface area (Å²) < 4.78 is 26.0. The molecule has 0 aliphatic rings.